The van der Waals surface area contributed by atoms with Crippen molar-refractivity contribution in [3.63, 3.8) is 0 Å². The fourth-order valence-electron chi connectivity index (χ4n) is 5.34. The Bertz CT molecular complexity index is 1580. The van der Waals surface area contributed by atoms with Gasteiger partial charge in [0.15, 0.2) is 5.82 Å². The summed E-state index contributed by atoms with van der Waals surface area (Å²) < 4.78 is 19.1. The molecule has 0 saturated carbocycles. The molecule has 1 fully saturated rings. The van der Waals surface area contributed by atoms with Crippen molar-refractivity contribution in [3.05, 3.63) is 88.6 Å². The quantitative estimate of drug-likeness (QED) is 0.306. The van der Waals surface area contributed by atoms with Crippen LogP contribution in [0, 0.1) is 6.92 Å². The van der Waals surface area contributed by atoms with Gasteiger partial charge in [0, 0.05) is 18.7 Å². The summed E-state index contributed by atoms with van der Waals surface area (Å²) in [6.07, 6.45) is 2.09. The molecular weight excluding hydrogens is 520 g/mol. The van der Waals surface area contributed by atoms with Crippen LogP contribution in [-0.2, 0) is 24.3 Å². The highest BCUT2D eigenvalue weighted by molar-refractivity contribution is 5.90. The molecule has 1 N–H and O–H groups in total. The monoisotopic (exact) mass is 554 g/mol. The normalized spacial score (nSPS) is 15.4. The molecule has 2 aliphatic heterocycles. The van der Waals surface area contributed by atoms with Crippen LogP contribution in [0.4, 0.5) is 0 Å². The number of aromatic nitrogens is 3. The van der Waals surface area contributed by atoms with Crippen molar-refractivity contribution in [2.24, 2.45) is 0 Å². The molecule has 41 heavy (non-hydrogen) atoms. The molecule has 0 bridgehead atoms. The van der Waals surface area contributed by atoms with E-state index in [1.807, 2.05) is 51.1 Å². The minimum atomic E-state index is -1.11. The summed E-state index contributed by atoms with van der Waals surface area (Å²) in [4.78, 5) is 19.1. The molecule has 0 aliphatic carbocycles. The van der Waals surface area contributed by atoms with Gasteiger partial charge in [0.05, 0.1) is 37.3 Å². The first kappa shape index (κ1) is 27.0. The van der Waals surface area contributed by atoms with Crippen molar-refractivity contribution in [1.29, 1.82) is 0 Å². The standard InChI is InChI=1S/C32H34N4O5/c1-20(2)41-31-27(32(37)38)15-33-36(31)29-9-5-8-28(34-29)26-7-4-6-21(3)30(26)40-17-22-10-11-24-16-35(25-18-39-19-25)13-12-23(24)14-22/h4-11,14-15,20,25H,12-13,16-19H2,1-3H3,(H,37,38). The Kier molecular flexibility index (Phi) is 7.47. The maximum Gasteiger partial charge on any atom is 0.342 e. The number of carbonyl (C=O) groups is 1. The highest BCUT2D eigenvalue weighted by Crippen LogP contribution is 2.34. The lowest BCUT2D eigenvalue weighted by Crippen LogP contribution is -2.50. The summed E-state index contributed by atoms with van der Waals surface area (Å²) in [6, 6.07) is 18.8. The Morgan fingerprint density at radius 2 is 1.95 bits per heavy atom. The molecule has 9 heteroatoms. The van der Waals surface area contributed by atoms with E-state index in [0.29, 0.717) is 24.2 Å². The van der Waals surface area contributed by atoms with E-state index in [9.17, 15) is 9.90 Å². The molecule has 0 amide bonds. The topological polar surface area (TPSA) is 98.9 Å². The number of hydrogen-bond donors (Lipinski definition) is 1. The summed E-state index contributed by atoms with van der Waals surface area (Å²) in [5, 5.41) is 13.9. The second kappa shape index (κ2) is 11.3. The van der Waals surface area contributed by atoms with E-state index >= 15 is 0 Å². The molecule has 1 saturated heterocycles. The average Bonchev–Trinajstić information content (AvgIpc) is 3.34. The lowest BCUT2D eigenvalue weighted by Gasteiger charge is -2.40. The first-order valence-corrected chi connectivity index (χ1v) is 14.0. The van der Waals surface area contributed by atoms with E-state index in [-0.39, 0.29) is 17.5 Å². The Labute approximate surface area is 239 Å². The predicted octanol–water partition coefficient (Wildman–Crippen LogP) is 5.06. The van der Waals surface area contributed by atoms with Crippen molar-refractivity contribution < 1.29 is 24.1 Å². The fourth-order valence-corrected chi connectivity index (χ4v) is 5.34. The molecule has 0 radical (unpaired) electrons. The molecule has 4 aromatic rings. The number of rotatable bonds is 9. The number of ether oxygens (including phenoxy) is 3. The van der Waals surface area contributed by atoms with Gasteiger partial charge in [-0.05, 0) is 67.6 Å². The third-order valence-electron chi connectivity index (χ3n) is 7.57. The van der Waals surface area contributed by atoms with Gasteiger partial charge in [0.2, 0.25) is 5.88 Å². The number of para-hydroxylation sites is 1. The van der Waals surface area contributed by atoms with Crippen LogP contribution in [0.5, 0.6) is 11.6 Å². The highest BCUT2D eigenvalue weighted by Gasteiger charge is 2.29. The number of fused-ring (bicyclic) bond motifs is 1. The number of hydrogen-bond acceptors (Lipinski definition) is 7. The zero-order valence-corrected chi connectivity index (χ0v) is 23.5. The third-order valence-corrected chi connectivity index (χ3v) is 7.57. The van der Waals surface area contributed by atoms with E-state index in [2.05, 4.69) is 28.2 Å². The minimum Gasteiger partial charge on any atom is -0.488 e. The molecule has 0 atom stereocenters. The van der Waals surface area contributed by atoms with Gasteiger partial charge in [-0.2, -0.15) is 9.78 Å². The summed E-state index contributed by atoms with van der Waals surface area (Å²) in [5.41, 5.74) is 6.43. The van der Waals surface area contributed by atoms with Crippen molar-refractivity contribution in [3.8, 4) is 28.7 Å². The number of carboxylic acid groups (broad SMARTS) is 1. The summed E-state index contributed by atoms with van der Waals surface area (Å²) in [5.74, 6) is 0.256. The molecule has 6 rings (SSSR count). The molecule has 4 heterocycles. The number of nitrogens with zero attached hydrogens (tertiary/aromatic N) is 4. The van der Waals surface area contributed by atoms with Gasteiger partial charge in [-0.25, -0.2) is 9.78 Å². The van der Waals surface area contributed by atoms with Crippen LogP contribution in [-0.4, -0.2) is 62.6 Å². The molecule has 2 aromatic carbocycles. The van der Waals surface area contributed by atoms with E-state index in [1.165, 1.54) is 22.0 Å². The average molecular weight is 555 g/mol. The number of pyridine rings is 1. The van der Waals surface area contributed by atoms with Gasteiger partial charge in [0.1, 0.15) is 17.9 Å². The fraction of sp³-hybridized carbons (Fsp3) is 0.344. The van der Waals surface area contributed by atoms with Crippen molar-refractivity contribution in [2.75, 3.05) is 19.8 Å². The molecule has 212 valence electrons. The van der Waals surface area contributed by atoms with Gasteiger partial charge < -0.3 is 19.3 Å². The minimum absolute atomic E-state index is 0.0136. The van der Waals surface area contributed by atoms with Gasteiger partial charge in [-0.1, -0.05) is 36.4 Å². The van der Waals surface area contributed by atoms with Crippen LogP contribution in [0.3, 0.4) is 0 Å². The van der Waals surface area contributed by atoms with E-state index in [1.54, 1.807) is 6.07 Å². The van der Waals surface area contributed by atoms with Crippen LogP contribution in [0.25, 0.3) is 17.1 Å². The largest absolute Gasteiger partial charge is 0.488 e. The second-order valence-electron chi connectivity index (χ2n) is 10.9. The lowest BCUT2D eigenvalue weighted by atomic mass is 9.96. The van der Waals surface area contributed by atoms with Crippen molar-refractivity contribution in [2.45, 2.75) is 52.5 Å². The van der Waals surface area contributed by atoms with Crippen molar-refractivity contribution in [1.82, 2.24) is 19.7 Å². The van der Waals surface area contributed by atoms with Crippen molar-refractivity contribution >= 4 is 5.97 Å². The first-order chi connectivity index (χ1) is 19.9. The first-order valence-electron chi connectivity index (χ1n) is 14.0. The van der Waals surface area contributed by atoms with Gasteiger partial charge in [-0.15, -0.1) is 0 Å². The Hall–Kier alpha value is -4.21. The smallest absolute Gasteiger partial charge is 0.342 e. The summed E-state index contributed by atoms with van der Waals surface area (Å²) in [7, 11) is 0. The Morgan fingerprint density at radius 3 is 2.71 bits per heavy atom. The molecule has 0 unspecified atom stereocenters. The van der Waals surface area contributed by atoms with Gasteiger partial charge >= 0.3 is 5.97 Å². The summed E-state index contributed by atoms with van der Waals surface area (Å²) >= 11 is 0. The molecule has 2 aliphatic rings. The molecule has 0 spiro atoms. The zero-order chi connectivity index (χ0) is 28.5. The molecule has 9 nitrogen and oxygen atoms in total. The lowest BCUT2D eigenvalue weighted by molar-refractivity contribution is -0.0695. The number of aromatic carboxylic acids is 1. The van der Waals surface area contributed by atoms with E-state index in [4.69, 9.17) is 19.2 Å². The summed E-state index contributed by atoms with van der Waals surface area (Å²) in [6.45, 7) is 9.86. The third kappa shape index (κ3) is 5.55. The van der Waals surface area contributed by atoms with Crippen LogP contribution in [0.2, 0.25) is 0 Å². The van der Waals surface area contributed by atoms with E-state index < -0.39 is 5.97 Å². The number of aryl methyl sites for hydroxylation is 1. The highest BCUT2D eigenvalue weighted by atomic mass is 16.5. The Balaban J connectivity index is 1.25. The van der Waals surface area contributed by atoms with Crippen LogP contribution in [0.1, 0.15) is 46.5 Å². The van der Waals surface area contributed by atoms with E-state index in [0.717, 1.165) is 55.2 Å². The predicted molar refractivity (Wildman–Crippen MR) is 154 cm³/mol. The van der Waals surface area contributed by atoms with Gasteiger partial charge in [0.25, 0.3) is 0 Å². The maximum absolute atomic E-state index is 11.8. The van der Waals surface area contributed by atoms with Crippen LogP contribution in [0.15, 0.2) is 60.8 Å². The SMILES string of the molecule is Cc1cccc(-c2cccc(-n3ncc(C(=O)O)c3OC(C)C)n2)c1OCc1ccc2c(c1)CCN(C1COC1)C2. The molecular formula is C32H34N4O5. The molecule has 2 aromatic heterocycles. The maximum atomic E-state index is 11.8. The van der Waals surface area contributed by atoms with Crippen LogP contribution < -0.4 is 9.47 Å². The number of carboxylic acids is 1. The zero-order valence-electron chi connectivity index (χ0n) is 23.5. The second-order valence-corrected chi connectivity index (χ2v) is 10.9. The van der Waals surface area contributed by atoms with Gasteiger partial charge in [-0.3, -0.25) is 4.90 Å². The number of benzene rings is 2. The van der Waals surface area contributed by atoms with Crippen LogP contribution >= 0.6 is 0 Å². The Morgan fingerprint density at radius 1 is 1.12 bits per heavy atom.